The Bertz CT molecular complexity index is 512. The van der Waals surface area contributed by atoms with Crippen LogP contribution in [0.5, 0.6) is 5.75 Å². The number of likely N-dealkylation sites (tertiary alicyclic amines) is 1. The highest BCUT2D eigenvalue weighted by molar-refractivity contribution is 5.78. The third-order valence-electron chi connectivity index (χ3n) is 4.90. The van der Waals surface area contributed by atoms with E-state index in [1.54, 1.807) is 7.11 Å². The summed E-state index contributed by atoms with van der Waals surface area (Å²) in [6, 6.07) is 8.45. The van der Waals surface area contributed by atoms with Gasteiger partial charge in [-0.3, -0.25) is 9.69 Å². The molecule has 126 valence electrons. The van der Waals surface area contributed by atoms with E-state index in [1.165, 1.54) is 12.0 Å². The van der Waals surface area contributed by atoms with Gasteiger partial charge >= 0.3 is 0 Å². The SMILES string of the molecule is COc1ccc(C2CNCCN2CC(=O)N2CCCCC2)cc1. The van der Waals surface area contributed by atoms with E-state index in [0.29, 0.717) is 6.54 Å². The van der Waals surface area contributed by atoms with Crippen molar-refractivity contribution in [2.45, 2.75) is 25.3 Å². The van der Waals surface area contributed by atoms with Crippen LogP contribution in [-0.2, 0) is 4.79 Å². The summed E-state index contributed by atoms with van der Waals surface area (Å²) in [4.78, 5) is 16.9. The zero-order chi connectivity index (χ0) is 16.1. The molecule has 2 fully saturated rings. The molecule has 0 spiro atoms. The van der Waals surface area contributed by atoms with Crippen LogP contribution in [0.15, 0.2) is 24.3 Å². The van der Waals surface area contributed by atoms with Gasteiger partial charge in [0, 0.05) is 38.8 Å². The Hall–Kier alpha value is -1.59. The van der Waals surface area contributed by atoms with Gasteiger partial charge in [-0.15, -0.1) is 0 Å². The number of nitrogens with zero attached hydrogens (tertiary/aromatic N) is 2. The highest BCUT2D eigenvalue weighted by atomic mass is 16.5. The molecule has 1 unspecified atom stereocenters. The maximum atomic E-state index is 12.6. The minimum atomic E-state index is 0.253. The van der Waals surface area contributed by atoms with Crippen LogP contribution in [0.1, 0.15) is 30.9 Å². The number of piperazine rings is 1. The first-order valence-corrected chi connectivity index (χ1v) is 8.64. The molecule has 1 atom stereocenters. The fraction of sp³-hybridized carbons (Fsp3) is 0.611. The van der Waals surface area contributed by atoms with Crippen molar-refractivity contribution in [2.24, 2.45) is 0 Å². The third-order valence-corrected chi connectivity index (χ3v) is 4.90. The lowest BCUT2D eigenvalue weighted by Crippen LogP contribution is -2.50. The van der Waals surface area contributed by atoms with Gasteiger partial charge in [-0.05, 0) is 37.0 Å². The summed E-state index contributed by atoms with van der Waals surface area (Å²) in [6.45, 7) is 5.13. The summed E-state index contributed by atoms with van der Waals surface area (Å²) in [5.74, 6) is 1.15. The zero-order valence-electron chi connectivity index (χ0n) is 14.0. The number of nitrogens with one attached hydrogen (secondary N) is 1. The Balaban J connectivity index is 1.66. The summed E-state index contributed by atoms with van der Waals surface area (Å²) in [7, 11) is 1.68. The number of methoxy groups -OCH3 is 1. The van der Waals surface area contributed by atoms with Gasteiger partial charge in [0.15, 0.2) is 0 Å². The van der Waals surface area contributed by atoms with Crippen molar-refractivity contribution in [1.29, 1.82) is 0 Å². The van der Waals surface area contributed by atoms with Crippen LogP contribution in [0.25, 0.3) is 0 Å². The van der Waals surface area contributed by atoms with E-state index in [1.807, 2.05) is 17.0 Å². The number of amides is 1. The second kappa shape index (κ2) is 7.79. The summed E-state index contributed by atoms with van der Waals surface area (Å²) in [6.07, 6.45) is 3.55. The molecule has 3 rings (SSSR count). The van der Waals surface area contributed by atoms with E-state index in [-0.39, 0.29) is 11.9 Å². The first-order chi connectivity index (χ1) is 11.3. The largest absolute Gasteiger partial charge is 0.497 e. The number of rotatable bonds is 4. The number of ether oxygens (including phenoxy) is 1. The molecule has 0 radical (unpaired) electrons. The van der Waals surface area contributed by atoms with Crippen LogP contribution in [0.4, 0.5) is 0 Å². The Morgan fingerprint density at radius 2 is 1.91 bits per heavy atom. The van der Waals surface area contributed by atoms with Crippen molar-refractivity contribution in [3.63, 3.8) is 0 Å². The number of hydrogen-bond acceptors (Lipinski definition) is 4. The van der Waals surface area contributed by atoms with E-state index in [0.717, 1.165) is 51.3 Å². The lowest BCUT2D eigenvalue weighted by molar-refractivity contribution is -0.134. The van der Waals surface area contributed by atoms with Crippen molar-refractivity contribution in [1.82, 2.24) is 15.1 Å². The molecule has 23 heavy (non-hydrogen) atoms. The highest BCUT2D eigenvalue weighted by Gasteiger charge is 2.27. The van der Waals surface area contributed by atoms with Gasteiger partial charge in [0.25, 0.3) is 0 Å². The molecule has 0 saturated carbocycles. The minimum absolute atomic E-state index is 0.253. The molecule has 5 heteroatoms. The molecule has 2 heterocycles. The van der Waals surface area contributed by atoms with Crippen LogP contribution < -0.4 is 10.1 Å². The number of piperidine rings is 1. The molecule has 1 aromatic rings. The predicted octanol–water partition coefficient (Wildman–Crippen LogP) is 1.65. The summed E-state index contributed by atoms with van der Waals surface area (Å²) in [5.41, 5.74) is 1.24. The lowest BCUT2D eigenvalue weighted by atomic mass is 10.0. The second-order valence-electron chi connectivity index (χ2n) is 6.41. The quantitative estimate of drug-likeness (QED) is 0.917. The molecule has 2 aliphatic rings. The highest BCUT2D eigenvalue weighted by Crippen LogP contribution is 2.24. The van der Waals surface area contributed by atoms with Crippen molar-refractivity contribution in [3.8, 4) is 5.75 Å². The van der Waals surface area contributed by atoms with Crippen LogP contribution in [0, 0.1) is 0 Å². The van der Waals surface area contributed by atoms with Crippen molar-refractivity contribution >= 4 is 5.91 Å². The lowest BCUT2D eigenvalue weighted by Gasteiger charge is -2.37. The molecule has 1 amide bonds. The minimum Gasteiger partial charge on any atom is -0.497 e. The normalized spacial score (nSPS) is 22.8. The van der Waals surface area contributed by atoms with E-state index < -0.39 is 0 Å². The Morgan fingerprint density at radius 1 is 1.17 bits per heavy atom. The van der Waals surface area contributed by atoms with Gasteiger partial charge in [-0.25, -0.2) is 0 Å². The van der Waals surface area contributed by atoms with Crippen molar-refractivity contribution < 1.29 is 9.53 Å². The first-order valence-electron chi connectivity index (χ1n) is 8.64. The van der Waals surface area contributed by atoms with Gasteiger partial charge < -0.3 is 15.0 Å². The zero-order valence-corrected chi connectivity index (χ0v) is 14.0. The van der Waals surface area contributed by atoms with Crippen molar-refractivity contribution in [2.75, 3.05) is 46.4 Å². The molecular weight excluding hydrogens is 290 g/mol. The smallest absolute Gasteiger partial charge is 0.236 e. The molecule has 2 aliphatic heterocycles. The number of benzene rings is 1. The summed E-state index contributed by atoms with van der Waals surface area (Å²) < 4.78 is 5.24. The van der Waals surface area contributed by atoms with Crippen LogP contribution >= 0.6 is 0 Å². The molecule has 5 nitrogen and oxygen atoms in total. The Kier molecular flexibility index (Phi) is 5.51. The Labute approximate surface area is 138 Å². The molecule has 1 N–H and O–H groups in total. The van der Waals surface area contributed by atoms with Gasteiger partial charge in [-0.2, -0.15) is 0 Å². The van der Waals surface area contributed by atoms with Gasteiger partial charge in [0.05, 0.1) is 13.7 Å². The predicted molar refractivity (Wildman–Crippen MR) is 90.6 cm³/mol. The molecule has 2 saturated heterocycles. The first kappa shape index (κ1) is 16.3. The fourth-order valence-corrected chi connectivity index (χ4v) is 3.51. The molecule has 1 aromatic carbocycles. The Morgan fingerprint density at radius 3 is 2.61 bits per heavy atom. The van der Waals surface area contributed by atoms with E-state index in [4.69, 9.17) is 4.74 Å². The van der Waals surface area contributed by atoms with Crippen molar-refractivity contribution in [3.05, 3.63) is 29.8 Å². The molecule has 0 aliphatic carbocycles. The number of hydrogen-bond donors (Lipinski definition) is 1. The monoisotopic (exact) mass is 317 g/mol. The second-order valence-corrected chi connectivity index (χ2v) is 6.41. The third kappa shape index (κ3) is 4.03. The maximum absolute atomic E-state index is 12.6. The number of carbonyl (C=O) groups is 1. The van der Waals surface area contributed by atoms with Crippen LogP contribution in [0.3, 0.4) is 0 Å². The molecular formula is C18H27N3O2. The van der Waals surface area contributed by atoms with E-state index >= 15 is 0 Å². The standard InChI is InChI=1S/C18H27N3O2/c1-23-16-7-5-15(6-8-16)17-13-19-9-12-21(17)14-18(22)20-10-3-2-4-11-20/h5-8,17,19H,2-4,9-14H2,1H3. The average molecular weight is 317 g/mol. The van der Waals surface area contributed by atoms with E-state index in [2.05, 4.69) is 22.3 Å². The van der Waals surface area contributed by atoms with Crippen LogP contribution in [0.2, 0.25) is 0 Å². The van der Waals surface area contributed by atoms with E-state index in [9.17, 15) is 4.79 Å². The summed E-state index contributed by atoms with van der Waals surface area (Å²) in [5, 5.41) is 3.45. The van der Waals surface area contributed by atoms with Gasteiger partial charge in [0.1, 0.15) is 5.75 Å². The number of carbonyl (C=O) groups excluding carboxylic acids is 1. The summed E-state index contributed by atoms with van der Waals surface area (Å²) >= 11 is 0. The molecule has 0 bridgehead atoms. The van der Waals surface area contributed by atoms with Crippen LogP contribution in [-0.4, -0.2) is 62.1 Å². The fourth-order valence-electron chi connectivity index (χ4n) is 3.51. The molecule has 0 aromatic heterocycles. The van der Waals surface area contributed by atoms with Gasteiger partial charge in [-0.1, -0.05) is 12.1 Å². The maximum Gasteiger partial charge on any atom is 0.236 e. The average Bonchev–Trinajstić information content (AvgIpc) is 2.63. The topological polar surface area (TPSA) is 44.8 Å². The van der Waals surface area contributed by atoms with Gasteiger partial charge in [0.2, 0.25) is 5.91 Å².